The summed E-state index contributed by atoms with van der Waals surface area (Å²) in [7, 11) is 1.53. The maximum absolute atomic E-state index is 9.71. The lowest BCUT2D eigenvalue weighted by atomic mass is 10.2. The van der Waals surface area contributed by atoms with Crippen molar-refractivity contribution in [3.63, 3.8) is 0 Å². The third-order valence-electron chi connectivity index (χ3n) is 2.63. The molecule has 19 heavy (non-hydrogen) atoms. The number of hydrogen-bond donors (Lipinski definition) is 2. The van der Waals surface area contributed by atoms with Crippen molar-refractivity contribution in [1.82, 2.24) is 20.3 Å². The average Bonchev–Trinajstić information content (AvgIpc) is 2.91. The van der Waals surface area contributed by atoms with Crippen molar-refractivity contribution in [3.8, 4) is 11.5 Å². The number of aromatic hydroxyl groups is 1. The third-order valence-corrected chi connectivity index (χ3v) is 3.23. The van der Waals surface area contributed by atoms with Gasteiger partial charge in [-0.3, -0.25) is 4.68 Å². The van der Waals surface area contributed by atoms with Crippen molar-refractivity contribution < 1.29 is 9.84 Å². The Hall–Kier alpha value is -1.60. The van der Waals surface area contributed by atoms with Gasteiger partial charge >= 0.3 is 0 Å². The van der Waals surface area contributed by atoms with Gasteiger partial charge in [0.2, 0.25) is 0 Å². The first kappa shape index (κ1) is 13.8. The Balaban J connectivity index is 1.87. The van der Waals surface area contributed by atoms with Gasteiger partial charge in [0.1, 0.15) is 0 Å². The van der Waals surface area contributed by atoms with Gasteiger partial charge in [0.25, 0.3) is 0 Å². The van der Waals surface area contributed by atoms with E-state index in [0.29, 0.717) is 16.8 Å². The number of halogens is 1. The summed E-state index contributed by atoms with van der Waals surface area (Å²) in [5.41, 5.74) is 1.03. The normalized spacial score (nSPS) is 10.6. The number of aromatic nitrogens is 3. The molecule has 0 unspecified atom stereocenters. The van der Waals surface area contributed by atoms with Crippen molar-refractivity contribution in [2.75, 3.05) is 13.7 Å². The highest BCUT2D eigenvalue weighted by Crippen LogP contribution is 2.35. The van der Waals surface area contributed by atoms with Crippen LogP contribution in [0.1, 0.15) is 5.56 Å². The Morgan fingerprint density at radius 1 is 1.47 bits per heavy atom. The van der Waals surface area contributed by atoms with Crippen molar-refractivity contribution in [2.45, 2.75) is 13.1 Å². The monoisotopic (exact) mass is 326 g/mol. The number of hydrogen-bond acceptors (Lipinski definition) is 5. The Morgan fingerprint density at radius 3 is 3.00 bits per heavy atom. The Labute approximate surface area is 119 Å². The Bertz CT molecular complexity index is 531. The van der Waals surface area contributed by atoms with E-state index in [9.17, 15) is 5.11 Å². The summed E-state index contributed by atoms with van der Waals surface area (Å²) in [6.07, 6.45) is 3.48. The summed E-state index contributed by atoms with van der Waals surface area (Å²) >= 11 is 3.30. The second-order valence-electron chi connectivity index (χ2n) is 3.97. The number of phenolic OH excluding ortho intramolecular Hbond substituents is 1. The van der Waals surface area contributed by atoms with Crippen LogP contribution < -0.4 is 10.1 Å². The summed E-state index contributed by atoms with van der Waals surface area (Å²) < 4.78 is 7.49. The van der Waals surface area contributed by atoms with Gasteiger partial charge in [-0.2, -0.15) is 0 Å². The number of ether oxygens (including phenoxy) is 1. The third kappa shape index (κ3) is 3.68. The Morgan fingerprint density at radius 2 is 2.32 bits per heavy atom. The quantitative estimate of drug-likeness (QED) is 0.788. The van der Waals surface area contributed by atoms with Crippen LogP contribution in [0.5, 0.6) is 11.5 Å². The van der Waals surface area contributed by atoms with Crippen LogP contribution in [0.2, 0.25) is 0 Å². The van der Waals surface area contributed by atoms with Crippen molar-refractivity contribution >= 4 is 15.9 Å². The minimum absolute atomic E-state index is 0.119. The summed E-state index contributed by atoms with van der Waals surface area (Å²) in [6, 6.07) is 3.67. The second kappa shape index (κ2) is 6.53. The predicted octanol–water partition coefficient (Wildman–Crippen LogP) is 1.54. The molecule has 0 saturated carbocycles. The molecular formula is C12H15BrN4O2. The van der Waals surface area contributed by atoms with E-state index in [1.807, 2.05) is 18.3 Å². The summed E-state index contributed by atoms with van der Waals surface area (Å²) in [6.45, 7) is 2.23. The molecule has 2 rings (SSSR count). The molecule has 0 spiro atoms. The molecule has 1 heterocycles. The molecule has 0 aliphatic heterocycles. The maximum Gasteiger partial charge on any atom is 0.172 e. The van der Waals surface area contributed by atoms with Gasteiger partial charge < -0.3 is 15.2 Å². The van der Waals surface area contributed by atoms with Crippen molar-refractivity contribution in [2.24, 2.45) is 0 Å². The SMILES string of the molecule is COc1cc(CNCCn2ccnn2)cc(Br)c1O. The molecule has 102 valence electrons. The smallest absolute Gasteiger partial charge is 0.172 e. The maximum atomic E-state index is 9.71. The highest BCUT2D eigenvalue weighted by molar-refractivity contribution is 9.10. The van der Waals surface area contributed by atoms with Crippen LogP contribution in [-0.2, 0) is 13.1 Å². The molecule has 2 aromatic rings. The number of methoxy groups -OCH3 is 1. The van der Waals surface area contributed by atoms with Crippen LogP contribution in [0, 0.1) is 0 Å². The number of nitrogens with one attached hydrogen (secondary N) is 1. The minimum atomic E-state index is 0.119. The van der Waals surface area contributed by atoms with Gasteiger partial charge in [-0.05, 0) is 33.6 Å². The molecule has 0 amide bonds. The molecule has 0 bridgehead atoms. The van der Waals surface area contributed by atoms with Crippen LogP contribution in [0.3, 0.4) is 0 Å². The van der Waals surface area contributed by atoms with E-state index in [1.165, 1.54) is 7.11 Å². The van der Waals surface area contributed by atoms with Crippen LogP contribution >= 0.6 is 15.9 Å². The molecule has 0 saturated heterocycles. The zero-order valence-electron chi connectivity index (χ0n) is 10.5. The van der Waals surface area contributed by atoms with Crippen LogP contribution in [0.15, 0.2) is 29.0 Å². The van der Waals surface area contributed by atoms with E-state index in [-0.39, 0.29) is 5.75 Å². The van der Waals surface area contributed by atoms with Gasteiger partial charge in [-0.1, -0.05) is 5.21 Å². The summed E-state index contributed by atoms with van der Waals surface area (Å²) in [4.78, 5) is 0. The molecule has 1 aromatic carbocycles. The van der Waals surface area contributed by atoms with E-state index in [1.54, 1.807) is 10.9 Å². The first-order valence-electron chi connectivity index (χ1n) is 5.81. The first-order chi connectivity index (χ1) is 9.20. The highest BCUT2D eigenvalue weighted by atomic mass is 79.9. The number of nitrogens with zero attached hydrogens (tertiary/aromatic N) is 3. The van der Waals surface area contributed by atoms with E-state index < -0.39 is 0 Å². The van der Waals surface area contributed by atoms with Crippen molar-refractivity contribution in [1.29, 1.82) is 0 Å². The van der Waals surface area contributed by atoms with E-state index in [4.69, 9.17) is 4.74 Å². The van der Waals surface area contributed by atoms with E-state index in [0.717, 1.165) is 18.7 Å². The highest BCUT2D eigenvalue weighted by Gasteiger charge is 2.08. The molecule has 0 fully saturated rings. The van der Waals surface area contributed by atoms with Gasteiger partial charge in [0.15, 0.2) is 11.5 Å². The zero-order chi connectivity index (χ0) is 13.7. The van der Waals surface area contributed by atoms with E-state index >= 15 is 0 Å². The van der Waals surface area contributed by atoms with Gasteiger partial charge in [-0.25, -0.2) is 0 Å². The lowest BCUT2D eigenvalue weighted by Crippen LogP contribution is -2.19. The molecule has 7 heteroatoms. The van der Waals surface area contributed by atoms with Crippen LogP contribution in [0.25, 0.3) is 0 Å². The molecule has 1 aromatic heterocycles. The number of rotatable bonds is 6. The van der Waals surface area contributed by atoms with Gasteiger partial charge in [0, 0.05) is 19.3 Å². The largest absolute Gasteiger partial charge is 0.503 e. The molecule has 0 aliphatic carbocycles. The topological polar surface area (TPSA) is 72.2 Å². The predicted molar refractivity (Wildman–Crippen MR) is 74.1 cm³/mol. The lowest BCUT2D eigenvalue weighted by molar-refractivity contribution is 0.371. The van der Waals surface area contributed by atoms with E-state index in [2.05, 4.69) is 31.6 Å². The average molecular weight is 327 g/mol. The lowest BCUT2D eigenvalue weighted by Gasteiger charge is -2.10. The summed E-state index contributed by atoms with van der Waals surface area (Å²) in [5, 5.41) is 20.6. The number of phenols is 1. The van der Waals surface area contributed by atoms with Crippen molar-refractivity contribution in [3.05, 3.63) is 34.6 Å². The molecular weight excluding hydrogens is 312 g/mol. The molecule has 0 aliphatic rings. The molecule has 0 atom stereocenters. The molecule has 0 radical (unpaired) electrons. The first-order valence-corrected chi connectivity index (χ1v) is 6.60. The second-order valence-corrected chi connectivity index (χ2v) is 4.83. The summed E-state index contributed by atoms with van der Waals surface area (Å²) in [5.74, 6) is 0.580. The van der Waals surface area contributed by atoms with Gasteiger partial charge in [-0.15, -0.1) is 5.10 Å². The number of benzene rings is 1. The minimum Gasteiger partial charge on any atom is -0.503 e. The molecule has 2 N–H and O–H groups in total. The standard InChI is InChI=1S/C12H15BrN4O2/c1-19-11-7-9(6-10(13)12(11)18)8-14-2-4-17-5-3-15-16-17/h3,5-7,14,18H,2,4,8H2,1H3. The van der Waals surface area contributed by atoms with Crippen LogP contribution in [0.4, 0.5) is 0 Å². The molecule has 6 nitrogen and oxygen atoms in total. The van der Waals surface area contributed by atoms with Gasteiger partial charge in [0.05, 0.1) is 24.3 Å². The fourth-order valence-corrected chi connectivity index (χ4v) is 2.15. The fraction of sp³-hybridized carbons (Fsp3) is 0.333. The van der Waals surface area contributed by atoms with Crippen LogP contribution in [-0.4, -0.2) is 33.8 Å². The fourth-order valence-electron chi connectivity index (χ4n) is 1.66. The Kier molecular flexibility index (Phi) is 4.75. The zero-order valence-corrected chi connectivity index (χ0v) is 12.1.